The number of halogens is 1. The molecule has 0 saturated heterocycles. The van der Waals surface area contributed by atoms with Gasteiger partial charge in [0.1, 0.15) is 4.99 Å². The molecule has 0 saturated carbocycles. The van der Waals surface area contributed by atoms with Crippen LogP contribution in [0.15, 0.2) is 22.7 Å². The van der Waals surface area contributed by atoms with Crippen LogP contribution in [-0.2, 0) is 4.79 Å². The minimum absolute atomic E-state index is 0.0188. The van der Waals surface area contributed by atoms with Gasteiger partial charge in [-0.15, -0.1) is 0 Å². The number of hydrogen-bond acceptors (Lipinski definition) is 2. The monoisotopic (exact) mass is 370 g/mol. The van der Waals surface area contributed by atoms with Gasteiger partial charge in [-0.05, 0) is 24.6 Å². The highest BCUT2D eigenvalue weighted by Gasteiger charge is 2.09. The lowest BCUT2D eigenvalue weighted by molar-refractivity contribution is -0.116. The lowest BCUT2D eigenvalue weighted by atomic mass is 10.1. The molecule has 0 aliphatic heterocycles. The SMILES string of the molecule is CCCCCCCCC(=O)Nc1ccc(Br)cc1C(N)=S. The van der Waals surface area contributed by atoms with Gasteiger partial charge < -0.3 is 11.1 Å². The van der Waals surface area contributed by atoms with Gasteiger partial charge in [0.15, 0.2) is 0 Å². The fraction of sp³-hybridized carbons (Fsp3) is 0.500. The molecule has 1 aromatic carbocycles. The Morgan fingerprint density at radius 3 is 2.57 bits per heavy atom. The van der Waals surface area contributed by atoms with Crippen LogP contribution >= 0.6 is 28.1 Å². The number of carbonyl (C=O) groups excluding carboxylic acids is 1. The average Bonchev–Trinajstić information content (AvgIpc) is 2.44. The van der Waals surface area contributed by atoms with Gasteiger partial charge in [0, 0.05) is 16.5 Å². The van der Waals surface area contributed by atoms with E-state index in [2.05, 4.69) is 28.2 Å². The van der Waals surface area contributed by atoms with E-state index >= 15 is 0 Å². The van der Waals surface area contributed by atoms with E-state index in [0.717, 1.165) is 17.3 Å². The van der Waals surface area contributed by atoms with Crippen molar-refractivity contribution in [1.29, 1.82) is 0 Å². The van der Waals surface area contributed by atoms with Gasteiger partial charge in [-0.2, -0.15) is 0 Å². The molecule has 1 amide bonds. The fourth-order valence-corrected chi connectivity index (χ4v) is 2.64. The Bertz CT molecular complexity index is 491. The van der Waals surface area contributed by atoms with Gasteiger partial charge >= 0.3 is 0 Å². The first-order valence-electron chi connectivity index (χ1n) is 7.43. The van der Waals surface area contributed by atoms with E-state index < -0.39 is 0 Å². The molecule has 0 atom stereocenters. The van der Waals surface area contributed by atoms with E-state index in [9.17, 15) is 4.79 Å². The van der Waals surface area contributed by atoms with Crippen LogP contribution < -0.4 is 11.1 Å². The highest BCUT2D eigenvalue weighted by Crippen LogP contribution is 2.21. The zero-order chi connectivity index (χ0) is 15.7. The summed E-state index contributed by atoms with van der Waals surface area (Å²) in [5.41, 5.74) is 7.06. The molecule has 3 nitrogen and oxygen atoms in total. The number of nitrogens with one attached hydrogen (secondary N) is 1. The molecule has 0 spiro atoms. The van der Waals surface area contributed by atoms with Gasteiger partial charge in [-0.3, -0.25) is 4.79 Å². The molecule has 0 bridgehead atoms. The van der Waals surface area contributed by atoms with Gasteiger partial charge in [-0.25, -0.2) is 0 Å². The van der Waals surface area contributed by atoms with E-state index in [1.807, 2.05) is 18.2 Å². The molecule has 0 radical (unpaired) electrons. The predicted molar refractivity (Wildman–Crippen MR) is 96.7 cm³/mol. The third kappa shape index (κ3) is 7.05. The highest BCUT2D eigenvalue weighted by molar-refractivity contribution is 9.10. The van der Waals surface area contributed by atoms with Crippen molar-refractivity contribution in [3.8, 4) is 0 Å². The quantitative estimate of drug-likeness (QED) is 0.486. The molecular formula is C16H23BrN2OS. The Labute approximate surface area is 140 Å². The number of rotatable bonds is 9. The van der Waals surface area contributed by atoms with Crippen molar-refractivity contribution in [2.75, 3.05) is 5.32 Å². The van der Waals surface area contributed by atoms with Crippen LogP contribution in [-0.4, -0.2) is 10.9 Å². The standard InChI is InChI=1S/C16H23BrN2OS/c1-2-3-4-5-6-7-8-15(20)19-14-10-9-12(17)11-13(14)16(18)21/h9-11H,2-8H2,1H3,(H2,18,21)(H,19,20). The summed E-state index contributed by atoms with van der Waals surface area (Å²) in [6.07, 6.45) is 7.56. The average molecular weight is 371 g/mol. The van der Waals surface area contributed by atoms with Crippen LogP contribution in [0.5, 0.6) is 0 Å². The Morgan fingerprint density at radius 1 is 1.24 bits per heavy atom. The maximum atomic E-state index is 12.0. The summed E-state index contributed by atoms with van der Waals surface area (Å²) in [4.78, 5) is 12.2. The van der Waals surface area contributed by atoms with Crippen molar-refractivity contribution < 1.29 is 4.79 Å². The molecular weight excluding hydrogens is 348 g/mol. The largest absolute Gasteiger partial charge is 0.389 e. The van der Waals surface area contributed by atoms with Crippen LogP contribution in [0, 0.1) is 0 Å². The predicted octanol–water partition coefficient (Wildman–Crippen LogP) is 4.77. The zero-order valence-electron chi connectivity index (χ0n) is 12.5. The van der Waals surface area contributed by atoms with Crippen LogP contribution in [0.3, 0.4) is 0 Å². The minimum atomic E-state index is 0.0188. The second kappa shape index (κ2) is 9.90. The smallest absolute Gasteiger partial charge is 0.224 e. The summed E-state index contributed by atoms with van der Waals surface area (Å²) in [5, 5.41) is 2.89. The van der Waals surface area contributed by atoms with Gasteiger partial charge in [-0.1, -0.05) is 67.2 Å². The molecule has 5 heteroatoms. The summed E-state index contributed by atoms with van der Waals surface area (Å²) in [6, 6.07) is 5.50. The number of carbonyl (C=O) groups is 1. The number of amides is 1. The van der Waals surface area contributed by atoms with E-state index in [-0.39, 0.29) is 10.9 Å². The van der Waals surface area contributed by atoms with Crippen molar-refractivity contribution in [3.05, 3.63) is 28.2 Å². The first kappa shape index (κ1) is 18.1. The zero-order valence-corrected chi connectivity index (χ0v) is 14.9. The Hall–Kier alpha value is -0.940. The Balaban J connectivity index is 2.43. The number of nitrogens with two attached hydrogens (primary N) is 1. The van der Waals surface area contributed by atoms with E-state index in [0.29, 0.717) is 17.7 Å². The summed E-state index contributed by atoms with van der Waals surface area (Å²) in [7, 11) is 0. The van der Waals surface area contributed by atoms with Gasteiger partial charge in [0.25, 0.3) is 0 Å². The lowest BCUT2D eigenvalue weighted by Gasteiger charge is -2.10. The van der Waals surface area contributed by atoms with E-state index in [1.165, 1.54) is 25.7 Å². The minimum Gasteiger partial charge on any atom is -0.389 e. The maximum Gasteiger partial charge on any atom is 0.224 e. The third-order valence-electron chi connectivity index (χ3n) is 3.28. The van der Waals surface area contributed by atoms with Crippen molar-refractivity contribution in [2.45, 2.75) is 51.9 Å². The maximum absolute atomic E-state index is 12.0. The highest BCUT2D eigenvalue weighted by atomic mass is 79.9. The molecule has 21 heavy (non-hydrogen) atoms. The summed E-state index contributed by atoms with van der Waals surface area (Å²) >= 11 is 8.39. The van der Waals surface area contributed by atoms with Gasteiger partial charge in [0.2, 0.25) is 5.91 Å². The molecule has 1 aromatic rings. The van der Waals surface area contributed by atoms with Crippen LogP contribution in [0.25, 0.3) is 0 Å². The first-order chi connectivity index (χ1) is 10.0. The second-order valence-electron chi connectivity index (χ2n) is 5.12. The number of unbranched alkanes of at least 4 members (excludes halogenated alkanes) is 5. The van der Waals surface area contributed by atoms with Crippen LogP contribution in [0.1, 0.15) is 57.4 Å². The molecule has 0 aliphatic rings. The van der Waals surface area contributed by atoms with Crippen molar-refractivity contribution >= 4 is 44.7 Å². The topological polar surface area (TPSA) is 55.1 Å². The summed E-state index contributed by atoms with van der Waals surface area (Å²) in [6.45, 7) is 2.20. The van der Waals surface area contributed by atoms with Crippen LogP contribution in [0.4, 0.5) is 5.69 Å². The molecule has 1 rings (SSSR count). The van der Waals surface area contributed by atoms with Crippen LogP contribution in [0.2, 0.25) is 0 Å². The third-order valence-corrected chi connectivity index (χ3v) is 3.99. The van der Waals surface area contributed by atoms with Crippen molar-refractivity contribution in [3.63, 3.8) is 0 Å². The lowest BCUT2D eigenvalue weighted by Crippen LogP contribution is -2.17. The number of anilines is 1. The van der Waals surface area contributed by atoms with E-state index in [1.54, 1.807) is 0 Å². The second-order valence-corrected chi connectivity index (χ2v) is 6.48. The number of thiocarbonyl (C=S) groups is 1. The Morgan fingerprint density at radius 2 is 1.90 bits per heavy atom. The number of hydrogen-bond donors (Lipinski definition) is 2. The number of benzene rings is 1. The van der Waals surface area contributed by atoms with Crippen molar-refractivity contribution in [2.24, 2.45) is 5.73 Å². The molecule has 0 unspecified atom stereocenters. The fourth-order valence-electron chi connectivity index (χ4n) is 2.11. The summed E-state index contributed by atoms with van der Waals surface area (Å²) in [5.74, 6) is 0.0188. The molecule has 116 valence electrons. The van der Waals surface area contributed by atoms with Gasteiger partial charge in [0.05, 0.1) is 5.69 Å². The summed E-state index contributed by atoms with van der Waals surface area (Å²) < 4.78 is 0.888. The molecule has 0 aliphatic carbocycles. The molecule has 0 heterocycles. The van der Waals surface area contributed by atoms with E-state index in [4.69, 9.17) is 18.0 Å². The molecule has 3 N–H and O–H groups in total. The normalized spacial score (nSPS) is 10.4. The molecule has 0 fully saturated rings. The first-order valence-corrected chi connectivity index (χ1v) is 8.64. The Kier molecular flexibility index (Phi) is 8.54. The van der Waals surface area contributed by atoms with Crippen molar-refractivity contribution in [1.82, 2.24) is 0 Å². The molecule has 0 aromatic heterocycles.